The van der Waals surface area contributed by atoms with Crippen molar-refractivity contribution >= 4 is 29.6 Å². The highest BCUT2D eigenvalue weighted by Gasteiger charge is 2.39. The van der Waals surface area contributed by atoms with E-state index < -0.39 is 17.7 Å². The number of cyclic esters (lactones) is 2. The molecule has 24 heavy (non-hydrogen) atoms. The summed E-state index contributed by atoms with van der Waals surface area (Å²) in [7, 11) is 1.49. The molecule has 1 aliphatic heterocycles. The number of carbonyl (C=O) groups excluding carboxylic acids is 2. The van der Waals surface area contributed by atoms with Crippen LogP contribution in [0.2, 0.25) is 5.02 Å². The second-order valence-corrected chi connectivity index (χ2v) is 6.34. The molecule has 0 aromatic heterocycles. The number of carbonyl (C=O) groups is 2. The summed E-state index contributed by atoms with van der Waals surface area (Å²) in [5.41, 5.74) is 0.170. The van der Waals surface area contributed by atoms with Crippen LogP contribution in [-0.4, -0.2) is 30.9 Å². The van der Waals surface area contributed by atoms with E-state index >= 15 is 0 Å². The summed E-state index contributed by atoms with van der Waals surface area (Å²) < 4.78 is 21.0. The van der Waals surface area contributed by atoms with E-state index in [9.17, 15) is 9.59 Å². The van der Waals surface area contributed by atoms with Crippen LogP contribution in [0.25, 0.3) is 6.08 Å². The first-order chi connectivity index (χ1) is 11.1. The molecule has 1 saturated heterocycles. The predicted molar refractivity (Wildman–Crippen MR) is 88.0 cm³/mol. The number of ether oxygens (including phenoxy) is 4. The molecule has 0 unspecified atom stereocenters. The van der Waals surface area contributed by atoms with Gasteiger partial charge in [0, 0.05) is 19.9 Å². The summed E-state index contributed by atoms with van der Waals surface area (Å²) in [6.07, 6.45) is 1.24. The van der Waals surface area contributed by atoms with E-state index in [4.69, 9.17) is 30.5 Å². The Morgan fingerprint density at radius 1 is 1.12 bits per heavy atom. The Balaban J connectivity index is 2.42. The number of esters is 2. The molecular weight excluding hydrogens is 336 g/mol. The van der Waals surface area contributed by atoms with Crippen molar-refractivity contribution in [2.24, 2.45) is 0 Å². The summed E-state index contributed by atoms with van der Waals surface area (Å²) in [5, 5.41) is 0.296. The van der Waals surface area contributed by atoms with Gasteiger partial charge >= 0.3 is 11.9 Å². The second kappa shape index (κ2) is 6.73. The lowest BCUT2D eigenvalue weighted by Gasteiger charge is -2.29. The predicted octanol–water partition coefficient (Wildman–Crippen LogP) is 3.36. The average Bonchev–Trinajstić information content (AvgIpc) is 2.43. The van der Waals surface area contributed by atoms with Crippen molar-refractivity contribution in [3.8, 4) is 11.5 Å². The number of rotatable bonds is 4. The van der Waals surface area contributed by atoms with Crippen molar-refractivity contribution < 1.29 is 28.5 Å². The average molecular weight is 355 g/mol. The Hall–Kier alpha value is -2.21. The van der Waals surface area contributed by atoms with Gasteiger partial charge in [0.05, 0.1) is 18.2 Å². The molecule has 130 valence electrons. The normalized spacial score (nSPS) is 16.5. The van der Waals surface area contributed by atoms with Crippen molar-refractivity contribution in [1.82, 2.24) is 0 Å². The van der Waals surface area contributed by atoms with E-state index in [-0.39, 0.29) is 11.7 Å². The first-order valence-corrected chi connectivity index (χ1v) is 7.73. The van der Waals surface area contributed by atoms with Gasteiger partial charge < -0.3 is 18.9 Å². The summed E-state index contributed by atoms with van der Waals surface area (Å²) in [4.78, 5) is 24.0. The van der Waals surface area contributed by atoms with Crippen molar-refractivity contribution in [3.05, 3.63) is 28.3 Å². The van der Waals surface area contributed by atoms with E-state index in [1.807, 2.05) is 13.8 Å². The van der Waals surface area contributed by atoms with Crippen LogP contribution in [0.5, 0.6) is 11.5 Å². The van der Waals surface area contributed by atoms with Gasteiger partial charge in [-0.2, -0.15) is 0 Å². The fourth-order valence-electron chi connectivity index (χ4n) is 2.10. The molecule has 0 spiro atoms. The summed E-state index contributed by atoms with van der Waals surface area (Å²) >= 11 is 6.23. The lowest BCUT2D eigenvalue weighted by atomic mass is 10.1. The molecule has 0 saturated carbocycles. The third-order valence-electron chi connectivity index (χ3n) is 3.06. The van der Waals surface area contributed by atoms with Crippen LogP contribution in [0.4, 0.5) is 0 Å². The SMILES string of the molecule is COc1cc(C=C2C(=O)OC(C)(C)OC2=O)c(Cl)cc1OC(C)C. The Morgan fingerprint density at radius 2 is 1.71 bits per heavy atom. The molecule has 1 aliphatic rings. The molecule has 0 atom stereocenters. The highest BCUT2D eigenvalue weighted by molar-refractivity contribution is 6.32. The highest BCUT2D eigenvalue weighted by Crippen LogP contribution is 2.35. The molecule has 1 aromatic carbocycles. The quantitative estimate of drug-likeness (QED) is 0.469. The maximum absolute atomic E-state index is 12.0. The standard InChI is InChI=1S/C17H19ClO6/c1-9(2)22-14-8-12(18)10(7-13(14)21-5)6-11-15(19)23-17(3,4)24-16(11)20/h6-9H,1-5H3. The number of methoxy groups -OCH3 is 1. The van der Waals surface area contributed by atoms with Gasteiger partial charge in [0.25, 0.3) is 5.79 Å². The molecule has 1 heterocycles. The van der Waals surface area contributed by atoms with Gasteiger partial charge in [-0.3, -0.25) is 0 Å². The molecule has 7 heteroatoms. The summed E-state index contributed by atoms with van der Waals surface area (Å²) in [6.45, 7) is 6.71. The van der Waals surface area contributed by atoms with Gasteiger partial charge in [-0.1, -0.05) is 11.6 Å². The number of hydrogen-bond donors (Lipinski definition) is 0. The van der Waals surface area contributed by atoms with Gasteiger partial charge in [0.1, 0.15) is 5.57 Å². The third-order valence-corrected chi connectivity index (χ3v) is 3.39. The third kappa shape index (κ3) is 4.00. The zero-order valence-electron chi connectivity index (χ0n) is 14.1. The minimum atomic E-state index is -1.29. The lowest BCUT2D eigenvalue weighted by molar-refractivity contribution is -0.222. The molecule has 0 amide bonds. The van der Waals surface area contributed by atoms with E-state index in [2.05, 4.69) is 0 Å². The van der Waals surface area contributed by atoms with Crippen molar-refractivity contribution in [3.63, 3.8) is 0 Å². The largest absolute Gasteiger partial charge is 0.493 e. The zero-order chi connectivity index (χ0) is 18.1. The molecule has 0 bridgehead atoms. The molecule has 2 rings (SSSR count). The minimum absolute atomic E-state index is 0.0651. The van der Waals surface area contributed by atoms with Gasteiger partial charge in [0.15, 0.2) is 11.5 Å². The number of halogens is 1. The highest BCUT2D eigenvalue weighted by atomic mass is 35.5. The van der Waals surface area contributed by atoms with Crippen molar-refractivity contribution in [1.29, 1.82) is 0 Å². The molecule has 0 aliphatic carbocycles. The van der Waals surface area contributed by atoms with Gasteiger partial charge in [0.2, 0.25) is 0 Å². The molecule has 1 aromatic rings. The maximum Gasteiger partial charge on any atom is 0.348 e. The molecule has 6 nitrogen and oxygen atoms in total. The fraction of sp³-hybridized carbons (Fsp3) is 0.412. The maximum atomic E-state index is 12.0. The van der Waals surface area contributed by atoms with Crippen LogP contribution in [0, 0.1) is 0 Å². The minimum Gasteiger partial charge on any atom is -0.493 e. The Labute approximate surface area is 145 Å². The Morgan fingerprint density at radius 3 is 2.21 bits per heavy atom. The molecule has 1 fully saturated rings. The molecule has 0 N–H and O–H groups in total. The van der Waals surface area contributed by atoms with Crippen LogP contribution in [-0.2, 0) is 19.1 Å². The Bertz CT molecular complexity index is 683. The fourth-order valence-corrected chi connectivity index (χ4v) is 2.31. The van der Waals surface area contributed by atoms with Crippen LogP contribution in [0.15, 0.2) is 17.7 Å². The lowest BCUT2D eigenvalue weighted by Crippen LogP contribution is -2.41. The second-order valence-electron chi connectivity index (χ2n) is 5.93. The first-order valence-electron chi connectivity index (χ1n) is 7.35. The number of benzene rings is 1. The topological polar surface area (TPSA) is 71.1 Å². The summed E-state index contributed by atoms with van der Waals surface area (Å²) in [6, 6.07) is 3.14. The van der Waals surface area contributed by atoms with Crippen LogP contribution >= 0.6 is 11.6 Å². The smallest absolute Gasteiger partial charge is 0.348 e. The zero-order valence-corrected chi connectivity index (χ0v) is 14.9. The van der Waals surface area contributed by atoms with Crippen LogP contribution in [0.1, 0.15) is 33.3 Å². The summed E-state index contributed by atoms with van der Waals surface area (Å²) in [5.74, 6) is -1.93. The Kier molecular flexibility index (Phi) is 5.08. The van der Waals surface area contributed by atoms with Crippen LogP contribution < -0.4 is 9.47 Å². The van der Waals surface area contributed by atoms with Crippen LogP contribution in [0.3, 0.4) is 0 Å². The van der Waals surface area contributed by atoms with E-state index in [1.165, 1.54) is 27.0 Å². The molecule has 0 radical (unpaired) electrons. The van der Waals surface area contributed by atoms with Gasteiger partial charge in [-0.15, -0.1) is 0 Å². The number of hydrogen-bond acceptors (Lipinski definition) is 6. The van der Waals surface area contributed by atoms with Gasteiger partial charge in [-0.05, 0) is 31.6 Å². The van der Waals surface area contributed by atoms with Crippen molar-refractivity contribution in [2.75, 3.05) is 7.11 Å². The van der Waals surface area contributed by atoms with E-state index in [1.54, 1.807) is 12.1 Å². The van der Waals surface area contributed by atoms with E-state index in [0.29, 0.717) is 22.1 Å². The molecular formula is C17H19ClO6. The first kappa shape index (κ1) is 18.1. The van der Waals surface area contributed by atoms with E-state index in [0.717, 1.165) is 0 Å². The monoisotopic (exact) mass is 354 g/mol. The van der Waals surface area contributed by atoms with Crippen molar-refractivity contribution in [2.45, 2.75) is 39.6 Å². The van der Waals surface area contributed by atoms with Gasteiger partial charge in [-0.25, -0.2) is 9.59 Å².